The van der Waals surface area contributed by atoms with Gasteiger partial charge in [-0.05, 0) is 56.7 Å². The molecule has 204 valence electrons. The van der Waals surface area contributed by atoms with Crippen molar-refractivity contribution >= 4 is 23.2 Å². The lowest BCUT2D eigenvalue weighted by molar-refractivity contribution is -0.147. The lowest BCUT2D eigenvalue weighted by atomic mass is 9.59. The number of fused-ring (bicyclic) bond motifs is 3. The van der Waals surface area contributed by atoms with Gasteiger partial charge >= 0.3 is 0 Å². The molecule has 1 aliphatic heterocycles. The molecule has 1 aromatic carbocycles. The number of ether oxygens (including phenoxy) is 1. The number of nitrogens with two attached hydrogens (primary N) is 1. The van der Waals surface area contributed by atoms with Gasteiger partial charge in [0, 0.05) is 49.3 Å². The molecule has 0 spiro atoms. The number of likely N-dealkylation sites (tertiary alicyclic amines) is 1. The molecule has 1 saturated heterocycles. The van der Waals surface area contributed by atoms with Crippen LogP contribution >= 0.6 is 0 Å². The van der Waals surface area contributed by atoms with E-state index in [1.165, 1.54) is 6.07 Å². The van der Waals surface area contributed by atoms with Gasteiger partial charge in [0.15, 0.2) is 11.4 Å². The Kier molecular flexibility index (Phi) is 6.57. The van der Waals surface area contributed by atoms with Crippen molar-refractivity contribution in [3.63, 3.8) is 0 Å². The third-order valence-electron chi connectivity index (χ3n) is 8.58. The van der Waals surface area contributed by atoms with Crippen LogP contribution in [0.15, 0.2) is 23.0 Å². The highest BCUT2D eigenvalue weighted by Gasteiger charge is 2.60. The van der Waals surface area contributed by atoms with Gasteiger partial charge in [0.05, 0.1) is 5.56 Å². The number of primary amides is 1. The average molecular weight is 531 g/mol. The SMILES string of the molecule is COCC1CCN(Cc2cc(O)c3c(c2F)CC2C[C@H]4CC(=O)C(C(N)=O)=C(O)[C@@]4(O)C(=O)C2=C3O)CC1. The monoisotopic (exact) mass is 530 g/mol. The fourth-order valence-electron chi connectivity index (χ4n) is 6.63. The summed E-state index contributed by atoms with van der Waals surface area (Å²) in [4.78, 5) is 39.8. The quantitative estimate of drug-likeness (QED) is 0.353. The number of carbonyl (C=O) groups is 3. The number of ketones is 2. The number of benzene rings is 1. The second kappa shape index (κ2) is 9.48. The van der Waals surface area contributed by atoms with Crippen molar-refractivity contribution in [3.05, 3.63) is 45.5 Å². The van der Waals surface area contributed by atoms with Crippen LogP contribution in [0.3, 0.4) is 0 Å². The number of hydrogen-bond donors (Lipinski definition) is 5. The molecule has 0 aromatic heterocycles. The Morgan fingerprint density at radius 3 is 2.53 bits per heavy atom. The molecular formula is C27H31FN2O8. The maximum Gasteiger partial charge on any atom is 0.255 e. The van der Waals surface area contributed by atoms with Gasteiger partial charge in [-0.2, -0.15) is 0 Å². The molecule has 38 heavy (non-hydrogen) atoms. The van der Waals surface area contributed by atoms with Crippen molar-refractivity contribution in [1.82, 2.24) is 4.90 Å². The number of hydrogen-bond acceptors (Lipinski definition) is 9. The molecule has 4 aliphatic rings. The third kappa shape index (κ3) is 3.91. The summed E-state index contributed by atoms with van der Waals surface area (Å²) in [5, 5.41) is 43.8. The number of amides is 1. The molecule has 6 N–H and O–H groups in total. The minimum absolute atomic E-state index is 0.0413. The number of aromatic hydroxyl groups is 1. The largest absolute Gasteiger partial charge is 0.508 e. The fraction of sp³-hybridized carbons (Fsp3) is 0.519. The van der Waals surface area contributed by atoms with E-state index in [1.807, 2.05) is 0 Å². The third-order valence-corrected chi connectivity index (χ3v) is 8.58. The predicted molar refractivity (Wildman–Crippen MR) is 131 cm³/mol. The van der Waals surface area contributed by atoms with Crippen LogP contribution in [0.25, 0.3) is 5.76 Å². The number of piperidine rings is 1. The number of nitrogens with zero attached hydrogens (tertiary/aromatic N) is 1. The Hall–Kier alpha value is -3.28. The molecule has 2 fully saturated rings. The zero-order chi connectivity index (χ0) is 27.5. The van der Waals surface area contributed by atoms with E-state index in [1.54, 1.807) is 7.11 Å². The van der Waals surface area contributed by atoms with Gasteiger partial charge in [0.1, 0.15) is 28.7 Å². The molecule has 0 bridgehead atoms. The van der Waals surface area contributed by atoms with Gasteiger partial charge in [0.25, 0.3) is 5.91 Å². The number of methoxy groups -OCH3 is 1. The molecule has 1 unspecified atom stereocenters. The second-order valence-corrected chi connectivity index (χ2v) is 10.8. The minimum atomic E-state index is -2.64. The van der Waals surface area contributed by atoms with Crippen LogP contribution in [0.1, 0.15) is 42.4 Å². The van der Waals surface area contributed by atoms with Crippen LogP contribution < -0.4 is 5.73 Å². The Morgan fingerprint density at radius 2 is 1.89 bits per heavy atom. The standard InChI is InChI=1S/C27H31FN2O8/c1-38-11-12-2-4-30(5-3-12)10-14-8-17(31)20-16(22(14)28)7-13-6-15-9-18(32)21(26(29)36)25(35)27(15,37)24(34)19(13)23(20)33/h8,12-13,15,31,33,35,37H,2-7,9-11H2,1H3,(H2,29,36)/t13?,15-,27-/m0/s1. The van der Waals surface area contributed by atoms with E-state index in [9.17, 15) is 34.8 Å². The van der Waals surface area contributed by atoms with Crippen molar-refractivity contribution in [2.45, 2.75) is 44.2 Å². The predicted octanol–water partition coefficient (Wildman–Crippen LogP) is 1.42. The molecule has 5 rings (SSSR count). The summed E-state index contributed by atoms with van der Waals surface area (Å²) in [6.07, 6.45) is 1.29. The average Bonchev–Trinajstić information content (AvgIpc) is 2.85. The van der Waals surface area contributed by atoms with Crippen LogP contribution in [0.5, 0.6) is 5.75 Å². The molecule has 3 aliphatic carbocycles. The van der Waals surface area contributed by atoms with E-state index in [2.05, 4.69) is 4.90 Å². The van der Waals surface area contributed by atoms with Crippen LogP contribution in [0.2, 0.25) is 0 Å². The number of halogens is 1. The minimum Gasteiger partial charge on any atom is -0.508 e. The topological polar surface area (TPSA) is 171 Å². The Bertz CT molecular complexity index is 1300. The van der Waals surface area contributed by atoms with Crippen LogP contribution in [0.4, 0.5) is 4.39 Å². The number of phenolic OH excluding ortho intramolecular Hbond substituents is 1. The van der Waals surface area contributed by atoms with Crippen LogP contribution in [0, 0.1) is 23.6 Å². The van der Waals surface area contributed by atoms with E-state index in [0.717, 1.165) is 25.9 Å². The Balaban J connectivity index is 1.50. The molecular weight excluding hydrogens is 499 g/mol. The van der Waals surface area contributed by atoms with Crippen molar-refractivity contribution < 1.29 is 43.9 Å². The van der Waals surface area contributed by atoms with Crippen molar-refractivity contribution in [2.24, 2.45) is 23.5 Å². The number of carbonyl (C=O) groups excluding carboxylic acids is 3. The number of rotatable bonds is 5. The van der Waals surface area contributed by atoms with Crippen molar-refractivity contribution in [3.8, 4) is 5.75 Å². The number of aliphatic hydroxyl groups is 3. The first-order valence-corrected chi connectivity index (χ1v) is 12.7. The van der Waals surface area contributed by atoms with Gasteiger partial charge in [0.2, 0.25) is 5.78 Å². The first kappa shape index (κ1) is 26.3. The van der Waals surface area contributed by atoms with Crippen molar-refractivity contribution in [2.75, 3.05) is 26.8 Å². The first-order valence-electron chi connectivity index (χ1n) is 12.7. The highest BCUT2D eigenvalue weighted by molar-refractivity contribution is 6.22. The van der Waals surface area contributed by atoms with Gasteiger partial charge in [-0.3, -0.25) is 19.3 Å². The molecule has 1 amide bonds. The lowest BCUT2D eigenvalue weighted by Gasteiger charge is -2.46. The summed E-state index contributed by atoms with van der Waals surface area (Å²) in [6, 6.07) is 1.24. The highest BCUT2D eigenvalue weighted by atomic mass is 19.1. The summed E-state index contributed by atoms with van der Waals surface area (Å²) < 4.78 is 21.0. The summed E-state index contributed by atoms with van der Waals surface area (Å²) >= 11 is 0. The summed E-state index contributed by atoms with van der Waals surface area (Å²) in [7, 11) is 1.66. The number of Topliss-reactive ketones (excluding diaryl/α,β-unsaturated/α-hetero) is 2. The van der Waals surface area contributed by atoms with Gasteiger partial charge in [-0.25, -0.2) is 4.39 Å². The Labute approximate surface area is 218 Å². The van der Waals surface area contributed by atoms with Crippen molar-refractivity contribution in [1.29, 1.82) is 0 Å². The summed E-state index contributed by atoms with van der Waals surface area (Å²) in [5.41, 5.74) is 1.49. The number of phenols is 1. The lowest BCUT2D eigenvalue weighted by Crippen LogP contribution is -2.58. The molecule has 1 aromatic rings. The molecule has 10 nitrogen and oxygen atoms in total. The van der Waals surface area contributed by atoms with E-state index in [0.29, 0.717) is 12.5 Å². The maximum absolute atomic E-state index is 15.8. The van der Waals surface area contributed by atoms with Crippen LogP contribution in [-0.2, 0) is 32.1 Å². The van der Waals surface area contributed by atoms with Gasteiger partial charge in [-0.15, -0.1) is 0 Å². The van der Waals surface area contributed by atoms with E-state index >= 15 is 4.39 Å². The second-order valence-electron chi connectivity index (χ2n) is 10.8. The molecule has 0 radical (unpaired) electrons. The summed E-state index contributed by atoms with van der Waals surface area (Å²) in [6.45, 7) is 2.43. The first-order chi connectivity index (χ1) is 18.0. The molecule has 1 heterocycles. The smallest absolute Gasteiger partial charge is 0.255 e. The van der Waals surface area contributed by atoms with E-state index < -0.39 is 70.0 Å². The molecule has 11 heteroatoms. The fourth-order valence-corrected chi connectivity index (χ4v) is 6.63. The van der Waals surface area contributed by atoms with Gasteiger partial charge < -0.3 is 30.9 Å². The van der Waals surface area contributed by atoms with Crippen LogP contribution in [-0.4, -0.2) is 75.2 Å². The molecule has 1 saturated carbocycles. The van der Waals surface area contributed by atoms with Gasteiger partial charge in [-0.1, -0.05) is 0 Å². The van der Waals surface area contributed by atoms with E-state index in [4.69, 9.17) is 10.5 Å². The zero-order valence-corrected chi connectivity index (χ0v) is 21.0. The Morgan fingerprint density at radius 1 is 1.21 bits per heavy atom. The van der Waals surface area contributed by atoms with E-state index in [-0.39, 0.29) is 41.6 Å². The highest BCUT2D eigenvalue weighted by Crippen LogP contribution is 2.52. The normalized spacial score (nSPS) is 28.3. The zero-order valence-electron chi connectivity index (χ0n) is 21.0. The summed E-state index contributed by atoms with van der Waals surface area (Å²) in [5.74, 6) is -7.44. The number of aliphatic hydroxyl groups excluding tert-OH is 2. The molecule has 3 atom stereocenters. The maximum atomic E-state index is 15.8.